The molecule has 1 heterocycles. The van der Waals surface area contributed by atoms with Gasteiger partial charge in [0.2, 0.25) is 23.5 Å². The van der Waals surface area contributed by atoms with Crippen molar-refractivity contribution in [1.82, 2.24) is 21.3 Å². The van der Waals surface area contributed by atoms with Gasteiger partial charge in [0.15, 0.2) is 0 Å². The van der Waals surface area contributed by atoms with Gasteiger partial charge in [-0.3, -0.25) is 24.0 Å². The van der Waals surface area contributed by atoms with Crippen LogP contribution in [0.25, 0.3) is 6.08 Å². The van der Waals surface area contributed by atoms with Gasteiger partial charge in [0.1, 0.15) is 11.9 Å². The van der Waals surface area contributed by atoms with E-state index in [0.29, 0.717) is 13.0 Å². The largest absolute Gasteiger partial charge is 0.356 e. The first kappa shape index (κ1) is 29.3. The Morgan fingerprint density at radius 2 is 1.84 bits per heavy atom. The van der Waals surface area contributed by atoms with Gasteiger partial charge in [-0.15, -0.1) is 0 Å². The summed E-state index contributed by atoms with van der Waals surface area (Å²) in [5, 5.41) is 10.8. The second-order valence-corrected chi connectivity index (χ2v) is 11.4. The number of nitrogens with one attached hydrogen (secondary N) is 4. The van der Waals surface area contributed by atoms with Crippen LogP contribution in [0, 0.1) is 17.2 Å². The Bertz CT molecular complexity index is 1130. The molecule has 1 saturated carbocycles. The van der Waals surface area contributed by atoms with Crippen LogP contribution in [0.2, 0.25) is 5.02 Å². The monoisotopic (exact) mass is 548 g/mol. The number of ketones is 1. The molecule has 2 fully saturated rings. The van der Waals surface area contributed by atoms with E-state index in [0.717, 1.165) is 25.0 Å². The van der Waals surface area contributed by atoms with Gasteiger partial charge in [-0.05, 0) is 55.7 Å². The fraction of sp³-hybridized carbons (Fsp3) is 0.519. The number of halogens is 2. The molecule has 2 unspecified atom stereocenters. The first-order chi connectivity index (χ1) is 17.8. The van der Waals surface area contributed by atoms with Gasteiger partial charge < -0.3 is 21.3 Å². The molecule has 2 aliphatic rings. The maximum absolute atomic E-state index is 14.1. The van der Waals surface area contributed by atoms with Crippen LogP contribution in [-0.4, -0.2) is 54.1 Å². The summed E-state index contributed by atoms with van der Waals surface area (Å²) in [6, 6.07) is 1.69. The van der Waals surface area contributed by atoms with Gasteiger partial charge in [0, 0.05) is 35.2 Å². The van der Waals surface area contributed by atoms with Crippen molar-refractivity contribution in [2.75, 3.05) is 6.54 Å². The predicted molar refractivity (Wildman–Crippen MR) is 140 cm³/mol. The standard InChI is InChI=1S/C27H34ClFN4O5/c1-27(2,3)14-21(32-22(34)9-5-15-4-6-17(28)13-19(15)29)25(37)33-20(12-16-10-11-30-24(16)36)23(35)26(38)31-18-7-8-18/h4-6,9,13,16,18,20-21H,7-8,10-12,14H2,1-3H3,(H,30,36)(H,31,38)(H,32,34)(H,33,37)/b9-5+/t16?,20?,21-/m0/s1. The van der Waals surface area contributed by atoms with E-state index in [1.165, 1.54) is 18.2 Å². The Hall–Kier alpha value is -3.27. The molecule has 11 heteroatoms. The van der Waals surface area contributed by atoms with Crippen molar-refractivity contribution in [2.24, 2.45) is 11.3 Å². The van der Waals surface area contributed by atoms with E-state index in [4.69, 9.17) is 11.6 Å². The molecule has 1 saturated heterocycles. The lowest BCUT2D eigenvalue weighted by atomic mass is 9.87. The number of Topliss-reactive ketones (excluding diaryl/α,β-unsaturated/α-hetero) is 1. The zero-order valence-electron chi connectivity index (χ0n) is 21.7. The smallest absolute Gasteiger partial charge is 0.289 e. The minimum atomic E-state index is -1.23. The molecule has 206 valence electrons. The molecule has 4 N–H and O–H groups in total. The molecule has 3 rings (SSSR count). The second-order valence-electron chi connectivity index (χ2n) is 11.0. The van der Waals surface area contributed by atoms with Crippen LogP contribution in [-0.2, 0) is 24.0 Å². The first-order valence-electron chi connectivity index (χ1n) is 12.7. The molecule has 0 bridgehead atoms. The van der Waals surface area contributed by atoms with Gasteiger partial charge >= 0.3 is 0 Å². The summed E-state index contributed by atoms with van der Waals surface area (Å²) in [7, 11) is 0. The Morgan fingerprint density at radius 1 is 1.13 bits per heavy atom. The maximum Gasteiger partial charge on any atom is 0.289 e. The minimum Gasteiger partial charge on any atom is -0.356 e. The van der Waals surface area contributed by atoms with Gasteiger partial charge in [-0.25, -0.2) is 4.39 Å². The molecule has 38 heavy (non-hydrogen) atoms. The van der Waals surface area contributed by atoms with Crippen molar-refractivity contribution in [2.45, 2.75) is 71.0 Å². The van der Waals surface area contributed by atoms with E-state index in [9.17, 15) is 28.4 Å². The van der Waals surface area contributed by atoms with E-state index in [1.54, 1.807) is 0 Å². The van der Waals surface area contributed by atoms with Gasteiger partial charge in [-0.1, -0.05) is 38.4 Å². The number of hydrogen-bond acceptors (Lipinski definition) is 5. The highest BCUT2D eigenvalue weighted by atomic mass is 35.5. The zero-order chi connectivity index (χ0) is 28.0. The van der Waals surface area contributed by atoms with Crippen molar-refractivity contribution in [3.05, 3.63) is 40.7 Å². The molecule has 4 amide bonds. The molecular weight excluding hydrogens is 515 g/mol. The maximum atomic E-state index is 14.1. The van der Waals surface area contributed by atoms with Crippen molar-refractivity contribution < 1.29 is 28.4 Å². The van der Waals surface area contributed by atoms with Gasteiger partial charge in [0.25, 0.3) is 5.91 Å². The third kappa shape index (κ3) is 8.93. The number of amides is 4. The van der Waals surface area contributed by atoms with E-state index in [1.807, 2.05) is 20.8 Å². The lowest BCUT2D eigenvalue weighted by Gasteiger charge is -2.28. The predicted octanol–water partition coefficient (Wildman–Crippen LogP) is 2.27. The second kappa shape index (κ2) is 12.5. The summed E-state index contributed by atoms with van der Waals surface area (Å²) in [4.78, 5) is 63.6. The number of benzene rings is 1. The minimum absolute atomic E-state index is 0.0274. The fourth-order valence-corrected chi connectivity index (χ4v) is 4.30. The van der Waals surface area contributed by atoms with Crippen LogP contribution in [0.15, 0.2) is 24.3 Å². The number of carbonyl (C=O) groups excluding carboxylic acids is 5. The van der Waals surface area contributed by atoms with Crippen LogP contribution in [0.4, 0.5) is 4.39 Å². The van der Waals surface area contributed by atoms with E-state index < -0.39 is 52.7 Å². The number of carbonyl (C=O) groups is 5. The number of rotatable bonds is 11. The van der Waals surface area contributed by atoms with E-state index in [-0.39, 0.29) is 35.4 Å². The summed E-state index contributed by atoms with van der Waals surface area (Å²) in [6.45, 7) is 6.10. The molecular formula is C27H34ClFN4O5. The molecule has 3 atom stereocenters. The summed E-state index contributed by atoms with van der Waals surface area (Å²) in [5.41, 5.74) is -0.251. The molecule has 0 aromatic heterocycles. The average molecular weight is 549 g/mol. The summed E-state index contributed by atoms with van der Waals surface area (Å²) in [5.74, 6) is -4.30. The Kier molecular flexibility index (Phi) is 9.65. The van der Waals surface area contributed by atoms with Crippen molar-refractivity contribution in [3.63, 3.8) is 0 Å². The lowest BCUT2D eigenvalue weighted by Crippen LogP contribution is -2.55. The third-order valence-corrected chi connectivity index (χ3v) is 6.51. The molecule has 0 spiro atoms. The zero-order valence-corrected chi connectivity index (χ0v) is 22.5. The van der Waals surface area contributed by atoms with Crippen molar-refractivity contribution in [1.29, 1.82) is 0 Å². The molecule has 1 aliphatic heterocycles. The summed E-state index contributed by atoms with van der Waals surface area (Å²) in [6.07, 6.45) is 4.61. The number of hydrogen-bond donors (Lipinski definition) is 4. The van der Waals surface area contributed by atoms with E-state index >= 15 is 0 Å². The molecule has 9 nitrogen and oxygen atoms in total. The average Bonchev–Trinajstić information content (AvgIpc) is 3.55. The fourth-order valence-electron chi connectivity index (χ4n) is 4.14. The Balaban J connectivity index is 1.74. The van der Waals surface area contributed by atoms with Crippen molar-refractivity contribution in [3.8, 4) is 0 Å². The first-order valence-corrected chi connectivity index (χ1v) is 13.1. The quantitative estimate of drug-likeness (QED) is 0.249. The molecule has 1 aromatic carbocycles. The van der Waals surface area contributed by atoms with Crippen LogP contribution in [0.3, 0.4) is 0 Å². The highest BCUT2D eigenvalue weighted by molar-refractivity contribution is 6.38. The SMILES string of the molecule is CC(C)(C)C[C@H](NC(=O)/C=C/c1ccc(Cl)cc1F)C(=O)NC(CC1CCNC1=O)C(=O)C(=O)NC1CC1. The topological polar surface area (TPSA) is 133 Å². The summed E-state index contributed by atoms with van der Waals surface area (Å²) < 4.78 is 14.1. The lowest BCUT2D eigenvalue weighted by molar-refractivity contribution is -0.141. The molecule has 1 aliphatic carbocycles. The normalized spacial score (nSPS) is 19.0. The Morgan fingerprint density at radius 3 is 2.42 bits per heavy atom. The highest BCUT2D eigenvalue weighted by Crippen LogP contribution is 2.23. The third-order valence-electron chi connectivity index (χ3n) is 6.28. The van der Waals surface area contributed by atoms with Crippen LogP contribution < -0.4 is 21.3 Å². The Labute approximate surface area is 226 Å². The molecule has 0 radical (unpaired) electrons. The molecule has 1 aromatic rings. The summed E-state index contributed by atoms with van der Waals surface area (Å²) >= 11 is 5.76. The van der Waals surface area contributed by atoms with Crippen molar-refractivity contribution >= 4 is 47.1 Å². The van der Waals surface area contributed by atoms with Crippen LogP contribution in [0.5, 0.6) is 0 Å². The van der Waals surface area contributed by atoms with Crippen LogP contribution in [0.1, 0.15) is 58.4 Å². The highest BCUT2D eigenvalue weighted by Gasteiger charge is 2.37. The van der Waals surface area contributed by atoms with Crippen LogP contribution >= 0.6 is 11.6 Å². The van der Waals surface area contributed by atoms with Gasteiger partial charge in [-0.2, -0.15) is 0 Å². The van der Waals surface area contributed by atoms with Gasteiger partial charge in [0.05, 0.1) is 6.04 Å². The van der Waals surface area contributed by atoms with E-state index in [2.05, 4.69) is 21.3 Å².